The summed E-state index contributed by atoms with van der Waals surface area (Å²) < 4.78 is 6.58. The highest BCUT2D eigenvalue weighted by molar-refractivity contribution is 9.10. The molecule has 4 heteroatoms. The first kappa shape index (κ1) is 11.9. The van der Waals surface area contributed by atoms with E-state index in [1.165, 1.54) is 5.69 Å². The Morgan fingerprint density at radius 1 is 1.50 bits per heavy atom. The average molecular weight is 285 g/mol. The van der Waals surface area contributed by atoms with Crippen molar-refractivity contribution >= 4 is 21.6 Å². The number of morpholine rings is 1. The van der Waals surface area contributed by atoms with Crippen LogP contribution in [0.25, 0.3) is 0 Å². The first-order chi connectivity index (χ1) is 7.77. The maximum absolute atomic E-state index is 5.45. The van der Waals surface area contributed by atoms with Crippen LogP contribution in [0.5, 0.6) is 0 Å². The predicted octanol–water partition coefficient (Wildman–Crippen LogP) is 1.87. The van der Waals surface area contributed by atoms with Gasteiger partial charge in [-0.3, -0.25) is 0 Å². The summed E-state index contributed by atoms with van der Waals surface area (Å²) in [6.45, 7) is 3.54. The van der Waals surface area contributed by atoms with Gasteiger partial charge in [-0.1, -0.05) is 12.1 Å². The summed E-state index contributed by atoms with van der Waals surface area (Å²) in [5, 5.41) is 3.46. The van der Waals surface area contributed by atoms with E-state index in [2.05, 4.69) is 51.4 Å². The quantitative estimate of drug-likeness (QED) is 0.917. The Morgan fingerprint density at radius 3 is 3.00 bits per heavy atom. The van der Waals surface area contributed by atoms with Gasteiger partial charge in [0.15, 0.2) is 0 Å². The highest BCUT2D eigenvalue weighted by atomic mass is 79.9. The number of hydrogen-bond donors (Lipinski definition) is 1. The van der Waals surface area contributed by atoms with E-state index < -0.39 is 0 Å². The van der Waals surface area contributed by atoms with Crippen LogP contribution in [0.2, 0.25) is 0 Å². The van der Waals surface area contributed by atoms with Gasteiger partial charge in [0.2, 0.25) is 0 Å². The van der Waals surface area contributed by atoms with Crippen LogP contribution in [0.4, 0.5) is 5.69 Å². The zero-order chi connectivity index (χ0) is 11.4. The molecule has 1 N–H and O–H groups in total. The second kappa shape index (κ2) is 5.66. The summed E-state index contributed by atoms with van der Waals surface area (Å²) in [6, 6.07) is 8.70. The zero-order valence-electron chi connectivity index (χ0n) is 9.45. The standard InChI is InChI=1S/C12H17BrN2O/c1-15(8-10-9-16-7-6-14-10)12-5-3-2-4-11(12)13/h2-5,10,14H,6-9H2,1H3. The van der Waals surface area contributed by atoms with E-state index in [-0.39, 0.29) is 0 Å². The molecule has 3 nitrogen and oxygen atoms in total. The van der Waals surface area contributed by atoms with Crippen molar-refractivity contribution in [3.8, 4) is 0 Å². The largest absolute Gasteiger partial charge is 0.378 e. The van der Waals surface area contributed by atoms with E-state index in [0.717, 1.165) is 30.8 Å². The zero-order valence-corrected chi connectivity index (χ0v) is 11.0. The smallest absolute Gasteiger partial charge is 0.0637 e. The molecule has 0 amide bonds. The third-order valence-corrected chi connectivity index (χ3v) is 3.43. The van der Waals surface area contributed by atoms with Crippen LogP contribution in [0.3, 0.4) is 0 Å². The number of nitrogens with zero attached hydrogens (tertiary/aromatic N) is 1. The molecule has 0 bridgehead atoms. The summed E-state index contributed by atoms with van der Waals surface area (Å²) in [4.78, 5) is 2.25. The maximum atomic E-state index is 5.45. The van der Waals surface area contributed by atoms with E-state index in [1.807, 2.05) is 6.07 Å². The maximum Gasteiger partial charge on any atom is 0.0637 e. The van der Waals surface area contributed by atoms with Crippen molar-refractivity contribution < 1.29 is 4.74 Å². The molecule has 1 aromatic rings. The molecule has 0 aliphatic carbocycles. The van der Waals surface area contributed by atoms with Gasteiger partial charge in [-0.15, -0.1) is 0 Å². The summed E-state index contributed by atoms with van der Waals surface area (Å²) in [6.07, 6.45) is 0. The van der Waals surface area contributed by atoms with E-state index >= 15 is 0 Å². The molecule has 88 valence electrons. The Kier molecular flexibility index (Phi) is 4.21. The lowest BCUT2D eigenvalue weighted by atomic mass is 10.2. The fourth-order valence-electron chi connectivity index (χ4n) is 1.93. The van der Waals surface area contributed by atoms with Gasteiger partial charge in [0, 0.05) is 30.7 Å². The van der Waals surface area contributed by atoms with Crippen LogP contribution in [0, 0.1) is 0 Å². The number of benzene rings is 1. The Morgan fingerprint density at radius 2 is 2.31 bits per heavy atom. The molecule has 0 radical (unpaired) electrons. The van der Waals surface area contributed by atoms with Gasteiger partial charge in [-0.05, 0) is 28.1 Å². The van der Waals surface area contributed by atoms with Gasteiger partial charge in [0.05, 0.1) is 18.9 Å². The van der Waals surface area contributed by atoms with Crippen LogP contribution >= 0.6 is 15.9 Å². The molecule has 1 saturated heterocycles. The Balaban J connectivity index is 1.96. The highest BCUT2D eigenvalue weighted by Gasteiger charge is 2.16. The molecule has 1 heterocycles. The molecule has 0 spiro atoms. The number of anilines is 1. The molecule has 1 unspecified atom stereocenters. The summed E-state index contributed by atoms with van der Waals surface area (Å²) in [5.41, 5.74) is 1.22. The van der Waals surface area contributed by atoms with Gasteiger partial charge in [0.1, 0.15) is 0 Å². The minimum atomic E-state index is 0.422. The van der Waals surface area contributed by atoms with Crippen molar-refractivity contribution in [2.75, 3.05) is 38.3 Å². The lowest BCUT2D eigenvalue weighted by Gasteiger charge is -2.29. The summed E-state index contributed by atoms with van der Waals surface area (Å²) >= 11 is 3.57. The van der Waals surface area contributed by atoms with Crippen LogP contribution in [0.15, 0.2) is 28.7 Å². The van der Waals surface area contributed by atoms with Gasteiger partial charge in [0.25, 0.3) is 0 Å². The number of nitrogens with one attached hydrogen (secondary N) is 1. The van der Waals surface area contributed by atoms with Gasteiger partial charge in [-0.25, -0.2) is 0 Å². The second-order valence-electron chi connectivity index (χ2n) is 4.06. The molecule has 1 atom stereocenters. The molecule has 0 saturated carbocycles. The second-order valence-corrected chi connectivity index (χ2v) is 4.91. The van der Waals surface area contributed by atoms with Crippen molar-refractivity contribution in [1.82, 2.24) is 5.32 Å². The van der Waals surface area contributed by atoms with Gasteiger partial charge < -0.3 is 15.0 Å². The van der Waals surface area contributed by atoms with E-state index in [0.29, 0.717) is 6.04 Å². The average Bonchev–Trinajstić information content (AvgIpc) is 2.31. The van der Waals surface area contributed by atoms with E-state index in [9.17, 15) is 0 Å². The van der Waals surface area contributed by atoms with Crippen LogP contribution in [-0.2, 0) is 4.74 Å². The first-order valence-corrected chi connectivity index (χ1v) is 6.33. The van der Waals surface area contributed by atoms with Crippen molar-refractivity contribution in [2.24, 2.45) is 0 Å². The highest BCUT2D eigenvalue weighted by Crippen LogP contribution is 2.24. The normalized spacial score (nSPS) is 20.8. The predicted molar refractivity (Wildman–Crippen MR) is 70.0 cm³/mol. The molecule has 1 aliphatic heterocycles. The topological polar surface area (TPSA) is 24.5 Å². The molecule has 2 rings (SSSR count). The van der Waals surface area contributed by atoms with Crippen molar-refractivity contribution in [3.63, 3.8) is 0 Å². The fourth-order valence-corrected chi connectivity index (χ4v) is 2.51. The molecule has 1 fully saturated rings. The minimum absolute atomic E-state index is 0.422. The number of likely N-dealkylation sites (N-methyl/N-ethyl adjacent to an activating group) is 1. The van der Waals surface area contributed by atoms with Gasteiger partial charge >= 0.3 is 0 Å². The summed E-state index contributed by atoms with van der Waals surface area (Å²) in [7, 11) is 2.11. The van der Waals surface area contributed by atoms with E-state index in [4.69, 9.17) is 4.74 Å². The minimum Gasteiger partial charge on any atom is -0.378 e. The van der Waals surface area contributed by atoms with Crippen LogP contribution < -0.4 is 10.2 Å². The summed E-state index contributed by atoms with van der Waals surface area (Å²) in [5.74, 6) is 0. The SMILES string of the molecule is CN(CC1COCCN1)c1ccccc1Br. The molecular weight excluding hydrogens is 268 g/mol. The van der Waals surface area contributed by atoms with Crippen LogP contribution in [0.1, 0.15) is 0 Å². The van der Waals surface area contributed by atoms with Gasteiger partial charge in [-0.2, -0.15) is 0 Å². The fraction of sp³-hybridized carbons (Fsp3) is 0.500. The van der Waals surface area contributed by atoms with E-state index in [1.54, 1.807) is 0 Å². The number of para-hydroxylation sites is 1. The van der Waals surface area contributed by atoms with Crippen molar-refractivity contribution in [3.05, 3.63) is 28.7 Å². The molecule has 0 aromatic heterocycles. The first-order valence-electron chi connectivity index (χ1n) is 5.54. The number of rotatable bonds is 3. The Bertz CT molecular complexity index is 340. The lowest BCUT2D eigenvalue weighted by molar-refractivity contribution is 0.0791. The molecule has 1 aliphatic rings. The third kappa shape index (κ3) is 2.97. The number of hydrogen-bond acceptors (Lipinski definition) is 3. The molecule has 1 aromatic carbocycles. The Labute approximate surface area is 105 Å². The van der Waals surface area contributed by atoms with Crippen LogP contribution in [-0.4, -0.2) is 39.4 Å². The monoisotopic (exact) mass is 284 g/mol. The van der Waals surface area contributed by atoms with Crippen molar-refractivity contribution in [1.29, 1.82) is 0 Å². The third-order valence-electron chi connectivity index (χ3n) is 2.76. The molecule has 16 heavy (non-hydrogen) atoms. The number of ether oxygens (including phenoxy) is 1. The lowest BCUT2D eigenvalue weighted by Crippen LogP contribution is -2.47. The van der Waals surface area contributed by atoms with Crippen molar-refractivity contribution in [2.45, 2.75) is 6.04 Å². The molecular formula is C12H17BrN2O. The Hall–Kier alpha value is -0.580. The number of halogens is 1.